The van der Waals surface area contributed by atoms with E-state index < -0.39 is 0 Å². The molecule has 0 radical (unpaired) electrons. The molecule has 1 aromatic rings. The van der Waals surface area contributed by atoms with Crippen molar-refractivity contribution in [2.75, 3.05) is 0 Å². The average molecular weight is 244 g/mol. The lowest BCUT2D eigenvalue weighted by Crippen LogP contribution is -2.18. The van der Waals surface area contributed by atoms with Crippen LogP contribution in [0.25, 0.3) is 5.76 Å². The fourth-order valence-electron chi connectivity index (χ4n) is 2.81. The highest BCUT2D eigenvalue weighted by Gasteiger charge is 2.23. The van der Waals surface area contributed by atoms with Crippen molar-refractivity contribution in [2.24, 2.45) is 0 Å². The zero-order valence-corrected chi connectivity index (χ0v) is 12.3. The van der Waals surface area contributed by atoms with Gasteiger partial charge < -0.3 is 4.74 Å². The van der Waals surface area contributed by atoms with Gasteiger partial charge in [-0.15, -0.1) is 0 Å². The number of fused-ring (bicyclic) bond motifs is 1. The van der Waals surface area contributed by atoms with E-state index in [1.165, 1.54) is 29.5 Å². The summed E-state index contributed by atoms with van der Waals surface area (Å²) in [5.41, 5.74) is 5.36. The highest BCUT2D eigenvalue weighted by Crippen LogP contribution is 2.37. The van der Waals surface area contributed by atoms with E-state index in [-0.39, 0.29) is 5.60 Å². The summed E-state index contributed by atoms with van der Waals surface area (Å²) >= 11 is 0. The van der Waals surface area contributed by atoms with Crippen molar-refractivity contribution in [3.8, 4) is 0 Å². The maximum absolute atomic E-state index is 5.90. The molecule has 0 N–H and O–H groups in total. The Balaban J connectivity index is 2.34. The zero-order chi connectivity index (χ0) is 13.5. The van der Waals surface area contributed by atoms with Gasteiger partial charge in [0, 0.05) is 5.56 Å². The Morgan fingerprint density at radius 2 is 2.00 bits per heavy atom. The first-order valence-electron chi connectivity index (χ1n) is 6.80. The topological polar surface area (TPSA) is 9.23 Å². The van der Waals surface area contributed by atoms with Gasteiger partial charge in [-0.25, -0.2) is 0 Å². The fourth-order valence-corrected chi connectivity index (χ4v) is 2.81. The summed E-state index contributed by atoms with van der Waals surface area (Å²) in [7, 11) is 0. The minimum atomic E-state index is -0.185. The zero-order valence-electron chi connectivity index (χ0n) is 12.3. The van der Waals surface area contributed by atoms with Gasteiger partial charge in [-0.1, -0.05) is 25.6 Å². The highest BCUT2D eigenvalue weighted by atomic mass is 16.5. The molecule has 0 aliphatic heterocycles. The summed E-state index contributed by atoms with van der Waals surface area (Å²) in [5.74, 6) is 1.49. The third kappa shape index (κ3) is 2.45. The highest BCUT2D eigenvalue weighted by molar-refractivity contribution is 5.64. The number of rotatable bonds is 2. The second-order valence-corrected chi connectivity index (χ2v) is 6.38. The Labute approximate surface area is 111 Å². The second kappa shape index (κ2) is 4.46. The molecule has 1 nitrogen and oxygen atoms in total. The lowest BCUT2D eigenvalue weighted by Gasteiger charge is -2.24. The molecule has 1 aliphatic rings. The van der Waals surface area contributed by atoms with E-state index in [0.29, 0.717) is 5.92 Å². The monoisotopic (exact) mass is 244 g/mol. The van der Waals surface area contributed by atoms with Crippen LogP contribution in [-0.2, 0) is 11.2 Å². The molecule has 2 rings (SSSR count). The molecule has 0 bridgehead atoms. The molecule has 0 saturated heterocycles. The Hall–Kier alpha value is -1.24. The molecule has 0 fully saturated rings. The maximum atomic E-state index is 5.90. The van der Waals surface area contributed by atoms with E-state index in [1.54, 1.807) is 0 Å². The molecular formula is C17H24O. The van der Waals surface area contributed by atoms with Gasteiger partial charge in [0.25, 0.3) is 0 Å². The van der Waals surface area contributed by atoms with E-state index >= 15 is 0 Å². The van der Waals surface area contributed by atoms with Gasteiger partial charge in [-0.3, -0.25) is 0 Å². The van der Waals surface area contributed by atoms with Crippen LogP contribution < -0.4 is 0 Å². The van der Waals surface area contributed by atoms with E-state index in [9.17, 15) is 0 Å². The SMILES string of the molecule is C=C(OC(C)(C)C)c1ccc2c(c1C)CCC2C. The van der Waals surface area contributed by atoms with Crippen molar-refractivity contribution in [3.63, 3.8) is 0 Å². The molecule has 0 spiro atoms. The molecular weight excluding hydrogens is 220 g/mol. The molecule has 18 heavy (non-hydrogen) atoms. The Bertz CT molecular complexity index is 477. The van der Waals surface area contributed by atoms with Gasteiger partial charge in [0.15, 0.2) is 0 Å². The molecule has 1 heteroatoms. The van der Waals surface area contributed by atoms with E-state index in [4.69, 9.17) is 4.74 Å². The number of benzene rings is 1. The quantitative estimate of drug-likeness (QED) is 0.677. The van der Waals surface area contributed by atoms with E-state index in [0.717, 1.165) is 11.3 Å². The predicted octanol–water partition coefficient (Wildman–Crippen LogP) is 4.83. The fraction of sp³-hybridized carbons (Fsp3) is 0.529. The van der Waals surface area contributed by atoms with Crippen LogP contribution >= 0.6 is 0 Å². The van der Waals surface area contributed by atoms with Crippen LogP contribution in [0.4, 0.5) is 0 Å². The summed E-state index contributed by atoms with van der Waals surface area (Å²) < 4.78 is 5.90. The van der Waals surface area contributed by atoms with Crippen LogP contribution in [0, 0.1) is 6.92 Å². The average Bonchev–Trinajstić information content (AvgIpc) is 2.59. The largest absolute Gasteiger partial charge is 0.488 e. The van der Waals surface area contributed by atoms with Gasteiger partial charge in [-0.05, 0) is 63.1 Å². The summed E-state index contributed by atoms with van der Waals surface area (Å²) in [6, 6.07) is 4.43. The van der Waals surface area contributed by atoms with Gasteiger partial charge in [0.1, 0.15) is 11.4 Å². The molecule has 1 aromatic carbocycles. The summed E-state index contributed by atoms with van der Waals surface area (Å²) in [5, 5.41) is 0. The molecule has 1 unspecified atom stereocenters. The van der Waals surface area contributed by atoms with Crippen molar-refractivity contribution in [3.05, 3.63) is 41.0 Å². The van der Waals surface area contributed by atoms with Gasteiger partial charge in [0.05, 0.1) is 0 Å². The second-order valence-electron chi connectivity index (χ2n) is 6.38. The summed E-state index contributed by atoms with van der Waals surface area (Å²) in [6.45, 7) is 14.8. The van der Waals surface area contributed by atoms with Crippen molar-refractivity contribution in [2.45, 2.75) is 59.0 Å². The van der Waals surface area contributed by atoms with Crippen molar-refractivity contribution < 1.29 is 4.74 Å². The van der Waals surface area contributed by atoms with Crippen LogP contribution in [0.15, 0.2) is 18.7 Å². The summed E-state index contributed by atoms with van der Waals surface area (Å²) in [4.78, 5) is 0. The van der Waals surface area contributed by atoms with Gasteiger partial charge in [0.2, 0.25) is 0 Å². The summed E-state index contributed by atoms with van der Waals surface area (Å²) in [6.07, 6.45) is 2.46. The van der Waals surface area contributed by atoms with Crippen LogP contribution in [0.5, 0.6) is 0 Å². The third-order valence-electron chi connectivity index (χ3n) is 3.72. The number of hydrogen-bond donors (Lipinski definition) is 0. The molecule has 1 aliphatic carbocycles. The molecule has 0 saturated carbocycles. The molecule has 0 aromatic heterocycles. The van der Waals surface area contributed by atoms with E-state index in [1.807, 2.05) is 0 Å². The Kier molecular flexibility index (Phi) is 3.27. The lowest BCUT2D eigenvalue weighted by molar-refractivity contribution is 0.0975. The van der Waals surface area contributed by atoms with Gasteiger partial charge in [-0.2, -0.15) is 0 Å². The number of hydrogen-bond acceptors (Lipinski definition) is 1. The van der Waals surface area contributed by atoms with E-state index in [2.05, 4.69) is 53.3 Å². The molecule has 0 amide bonds. The first-order valence-corrected chi connectivity index (χ1v) is 6.80. The Morgan fingerprint density at radius 3 is 2.61 bits per heavy atom. The first kappa shape index (κ1) is 13.2. The van der Waals surface area contributed by atoms with Crippen molar-refractivity contribution in [1.29, 1.82) is 0 Å². The van der Waals surface area contributed by atoms with Crippen LogP contribution in [0.1, 0.15) is 62.3 Å². The lowest BCUT2D eigenvalue weighted by atomic mass is 9.95. The third-order valence-corrected chi connectivity index (χ3v) is 3.72. The normalized spacial score (nSPS) is 18.6. The predicted molar refractivity (Wildman–Crippen MR) is 77.8 cm³/mol. The molecule has 0 heterocycles. The van der Waals surface area contributed by atoms with Gasteiger partial charge >= 0.3 is 0 Å². The molecule has 1 atom stereocenters. The minimum Gasteiger partial charge on any atom is -0.488 e. The van der Waals surface area contributed by atoms with Crippen LogP contribution in [0.3, 0.4) is 0 Å². The number of ether oxygens (including phenoxy) is 1. The van der Waals surface area contributed by atoms with Crippen LogP contribution in [0.2, 0.25) is 0 Å². The van der Waals surface area contributed by atoms with Crippen molar-refractivity contribution >= 4 is 5.76 Å². The first-order chi connectivity index (χ1) is 8.29. The minimum absolute atomic E-state index is 0.185. The smallest absolute Gasteiger partial charge is 0.120 e. The van der Waals surface area contributed by atoms with Crippen LogP contribution in [-0.4, -0.2) is 5.60 Å². The molecule has 98 valence electrons. The standard InChI is InChI=1S/C17H24O/c1-11-7-8-16-12(2)15(10-9-14(11)16)13(3)18-17(4,5)6/h9-11H,3,7-8H2,1-2,4-6H3. The van der Waals surface area contributed by atoms with Crippen molar-refractivity contribution in [1.82, 2.24) is 0 Å². The Morgan fingerprint density at radius 1 is 1.33 bits per heavy atom. The maximum Gasteiger partial charge on any atom is 0.120 e.